The number of halogens is 1. The standard InChI is InChI=1S/C27H35ISi3/c1-29(2,3)23-11-10-18-12-19-14-22-17-25(30(4,5)6)27(31(7,8)9)26(28)24(22)16-21(19)13-20(18)15-23/h10-17H,1-9H3. The monoisotopic (exact) mass is 570 g/mol. The molecule has 0 bridgehead atoms. The molecule has 0 aliphatic rings. The Balaban J connectivity index is 2.07. The third-order valence-electron chi connectivity index (χ3n) is 6.41. The molecule has 0 amide bonds. The van der Waals surface area contributed by atoms with E-state index in [1.165, 1.54) is 41.1 Å². The van der Waals surface area contributed by atoms with Crippen LogP contribution in [0.2, 0.25) is 58.9 Å². The largest absolute Gasteiger partial charge is 0.0788 e. The van der Waals surface area contributed by atoms with Gasteiger partial charge in [0, 0.05) is 3.57 Å². The van der Waals surface area contributed by atoms with E-state index in [-0.39, 0.29) is 0 Å². The lowest BCUT2D eigenvalue weighted by molar-refractivity contribution is 1.67. The smallest absolute Gasteiger partial charge is 0.0656 e. The van der Waals surface area contributed by atoms with E-state index in [0.717, 1.165) is 0 Å². The highest BCUT2D eigenvalue weighted by atomic mass is 127. The molecular formula is C27H35ISi3. The maximum atomic E-state index is 2.66. The Labute approximate surface area is 204 Å². The zero-order valence-electron chi connectivity index (χ0n) is 20.5. The highest BCUT2D eigenvalue weighted by Crippen LogP contribution is 2.30. The molecule has 0 heterocycles. The van der Waals surface area contributed by atoms with Gasteiger partial charge in [0.25, 0.3) is 0 Å². The summed E-state index contributed by atoms with van der Waals surface area (Å²) in [7, 11) is -4.21. The van der Waals surface area contributed by atoms with Crippen molar-refractivity contribution < 1.29 is 0 Å². The molecule has 0 aromatic heterocycles. The van der Waals surface area contributed by atoms with E-state index >= 15 is 0 Å². The number of fused-ring (bicyclic) bond motifs is 3. The minimum absolute atomic E-state index is 1.32. The quantitative estimate of drug-likeness (QED) is 0.137. The number of hydrogen-bond acceptors (Lipinski definition) is 0. The highest BCUT2D eigenvalue weighted by molar-refractivity contribution is 14.1. The summed E-state index contributed by atoms with van der Waals surface area (Å²) in [5, 5.41) is 13.2. The Morgan fingerprint density at radius 1 is 0.516 bits per heavy atom. The Kier molecular flexibility index (Phi) is 5.64. The summed E-state index contributed by atoms with van der Waals surface area (Å²) < 4.78 is 1.50. The van der Waals surface area contributed by atoms with Crippen molar-refractivity contribution in [2.45, 2.75) is 58.9 Å². The van der Waals surface area contributed by atoms with Crippen LogP contribution in [-0.4, -0.2) is 24.2 Å². The van der Waals surface area contributed by atoms with Gasteiger partial charge in [0.2, 0.25) is 0 Å². The van der Waals surface area contributed by atoms with Crippen LogP contribution in [0, 0.1) is 3.57 Å². The van der Waals surface area contributed by atoms with Crippen molar-refractivity contribution in [3.63, 3.8) is 0 Å². The molecule has 0 aliphatic heterocycles. The number of hydrogen-bond donors (Lipinski definition) is 0. The van der Waals surface area contributed by atoms with E-state index in [2.05, 4.69) is 130 Å². The first kappa shape index (κ1) is 23.2. The predicted molar refractivity (Wildman–Crippen MR) is 161 cm³/mol. The van der Waals surface area contributed by atoms with Crippen LogP contribution >= 0.6 is 22.6 Å². The lowest BCUT2D eigenvalue weighted by Gasteiger charge is -2.30. The number of benzene rings is 4. The second-order valence-corrected chi connectivity index (χ2v) is 28.4. The average molecular weight is 571 g/mol. The molecule has 0 atom stereocenters. The maximum absolute atomic E-state index is 2.66. The van der Waals surface area contributed by atoms with Crippen LogP contribution in [0.3, 0.4) is 0 Å². The maximum Gasteiger partial charge on any atom is 0.0788 e. The molecule has 0 aliphatic carbocycles. The molecule has 31 heavy (non-hydrogen) atoms. The summed E-state index contributed by atoms with van der Waals surface area (Å²) in [4.78, 5) is 0. The van der Waals surface area contributed by atoms with E-state index in [1.54, 1.807) is 10.4 Å². The average Bonchev–Trinajstić information content (AvgIpc) is 2.61. The van der Waals surface area contributed by atoms with Crippen molar-refractivity contribution in [2.24, 2.45) is 0 Å². The number of rotatable bonds is 3. The van der Waals surface area contributed by atoms with Crippen molar-refractivity contribution in [1.82, 2.24) is 0 Å². The summed E-state index contributed by atoms with van der Waals surface area (Å²) in [6, 6.07) is 19.4. The van der Waals surface area contributed by atoms with E-state index in [9.17, 15) is 0 Å². The van der Waals surface area contributed by atoms with Crippen LogP contribution in [0.4, 0.5) is 0 Å². The summed E-state index contributed by atoms with van der Waals surface area (Å²) in [5.74, 6) is 0. The summed E-state index contributed by atoms with van der Waals surface area (Å²) >= 11 is 2.66. The van der Waals surface area contributed by atoms with Gasteiger partial charge in [-0.1, -0.05) is 93.6 Å². The van der Waals surface area contributed by atoms with Crippen LogP contribution in [0.1, 0.15) is 0 Å². The second-order valence-electron chi connectivity index (χ2n) is 12.2. The van der Waals surface area contributed by atoms with E-state index in [0.29, 0.717) is 0 Å². The Morgan fingerprint density at radius 2 is 1.06 bits per heavy atom. The lowest BCUT2D eigenvalue weighted by Crippen LogP contribution is -2.57. The van der Waals surface area contributed by atoms with E-state index in [4.69, 9.17) is 0 Å². The molecule has 0 unspecified atom stereocenters. The van der Waals surface area contributed by atoms with Crippen molar-refractivity contribution in [1.29, 1.82) is 0 Å². The molecule has 4 aromatic rings. The van der Waals surface area contributed by atoms with Crippen LogP contribution in [0.5, 0.6) is 0 Å². The van der Waals surface area contributed by atoms with Crippen molar-refractivity contribution in [2.75, 3.05) is 0 Å². The van der Waals surface area contributed by atoms with E-state index < -0.39 is 24.2 Å². The zero-order valence-corrected chi connectivity index (χ0v) is 25.7. The summed E-state index contributed by atoms with van der Waals surface area (Å²) in [5.41, 5.74) is 0. The van der Waals surface area contributed by atoms with Gasteiger partial charge in [-0.2, -0.15) is 0 Å². The summed E-state index contributed by atoms with van der Waals surface area (Å²) in [6.07, 6.45) is 0. The zero-order chi connectivity index (χ0) is 22.9. The van der Waals surface area contributed by atoms with Gasteiger partial charge < -0.3 is 0 Å². The molecular weight excluding hydrogens is 535 g/mol. The molecule has 0 radical (unpaired) electrons. The van der Waals surface area contributed by atoms with Gasteiger partial charge in [-0.15, -0.1) is 0 Å². The third kappa shape index (κ3) is 4.33. The minimum Gasteiger partial charge on any atom is -0.0656 e. The molecule has 4 aromatic carbocycles. The van der Waals surface area contributed by atoms with Crippen LogP contribution in [0.25, 0.3) is 32.3 Å². The second kappa shape index (κ2) is 7.54. The summed E-state index contributed by atoms with van der Waals surface area (Å²) in [6.45, 7) is 22.3. The molecule has 4 heteroatoms. The molecule has 0 saturated heterocycles. The lowest BCUT2D eigenvalue weighted by atomic mass is 10.00. The van der Waals surface area contributed by atoms with Crippen LogP contribution < -0.4 is 15.6 Å². The first-order chi connectivity index (χ1) is 14.2. The molecule has 0 spiro atoms. The van der Waals surface area contributed by atoms with Gasteiger partial charge in [0.05, 0.1) is 24.2 Å². The first-order valence-corrected chi connectivity index (χ1v) is 22.9. The molecule has 0 N–H and O–H groups in total. The van der Waals surface area contributed by atoms with Crippen LogP contribution in [0.15, 0.2) is 48.5 Å². The fraction of sp³-hybridized carbons (Fsp3) is 0.333. The van der Waals surface area contributed by atoms with Gasteiger partial charge in [0.1, 0.15) is 0 Å². The highest BCUT2D eigenvalue weighted by Gasteiger charge is 2.30. The third-order valence-corrected chi connectivity index (χ3v) is 14.4. The van der Waals surface area contributed by atoms with Gasteiger partial charge in [0.15, 0.2) is 0 Å². The fourth-order valence-electron chi connectivity index (χ4n) is 4.65. The van der Waals surface area contributed by atoms with Gasteiger partial charge in [-0.3, -0.25) is 0 Å². The topological polar surface area (TPSA) is 0 Å². The Hall–Kier alpha value is -0.959. The molecule has 0 saturated carbocycles. The normalized spacial score (nSPS) is 13.5. The minimum atomic E-state index is -1.46. The molecule has 162 valence electrons. The molecule has 0 fully saturated rings. The molecule has 4 rings (SSSR count). The predicted octanol–water partition coefficient (Wildman–Crippen LogP) is 7.39. The van der Waals surface area contributed by atoms with Gasteiger partial charge in [-0.25, -0.2) is 0 Å². The molecule has 0 nitrogen and oxygen atoms in total. The van der Waals surface area contributed by atoms with Crippen LogP contribution in [-0.2, 0) is 0 Å². The van der Waals surface area contributed by atoms with Crippen molar-refractivity contribution in [3.05, 3.63) is 52.1 Å². The van der Waals surface area contributed by atoms with Gasteiger partial charge >= 0.3 is 0 Å². The van der Waals surface area contributed by atoms with E-state index in [1.807, 2.05) is 0 Å². The first-order valence-electron chi connectivity index (χ1n) is 11.3. The Morgan fingerprint density at radius 3 is 1.65 bits per heavy atom. The fourth-order valence-corrected chi connectivity index (χ4v) is 14.6. The van der Waals surface area contributed by atoms with Gasteiger partial charge in [-0.05, 0) is 84.4 Å². The van der Waals surface area contributed by atoms with Crippen molar-refractivity contribution in [3.8, 4) is 0 Å². The SMILES string of the molecule is C[Si](C)(C)c1ccc2cc3cc4cc([Si](C)(C)C)c([Si](C)(C)C)c(I)c4cc3cc2c1. The Bertz CT molecular complexity index is 1330. The van der Waals surface area contributed by atoms with Crippen molar-refractivity contribution >= 4 is 94.7 Å².